The topological polar surface area (TPSA) is 118 Å². The molecule has 1 rings (SSSR count). The summed E-state index contributed by atoms with van der Waals surface area (Å²) in [7, 11) is -7.17. The minimum absolute atomic E-state index is 0.0766. The van der Waals surface area contributed by atoms with Crippen LogP contribution in [0.15, 0.2) is 29.2 Å². The third kappa shape index (κ3) is 5.71. The summed E-state index contributed by atoms with van der Waals surface area (Å²) in [5, 5.41) is 0. The Hall–Kier alpha value is -1.00. The number of benzene rings is 1. The van der Waals surface area contributed by atoms with Crippen molar-refractivity contribution in [3.05, 3.63) is 29.8 Å². The average molecular weight is 335 g/mol. The maximum Gasteiger partial charge on any atom is 0.240 e. The van der Waals surface area contributed by atoms with E-state index in [9.17, 15) is 16.8 Å². The molecule has 1 unspecified atom stereocenters. The predicted molar refractivity (Wildman–Crippen MR) is 81.7 cm³/mol. The van der Waals surface area contributed by atoms with Gasteiger partial charge in [-0.15, -0.1) is 0 Å². The van der Waals surface area contributed by atoms with E-state index >= 15 is 0 Å². The lowest BCUT2D eigenvalue weighted by Gasteiger charge is -2.09. The number of hydrogen-bond acceptors (Lipinski definition) is 5. The minimum Gasteiger partial charge on any atom is -0.324 e. The molecule has 0 aliphatic heterocycles. The van der Waals surface area contributed by atoms with E-state index in [4.69, 9.17) is 5.73 Å². The van der Waals surface area contributed by atoms with Crippen LogP contribution in [0.3, 0.4) is 0 Å². The Morgan fingerprint density at radius 1 is 1.10 bits per heavy atom. The Kier molecular flexibility index (Phi) is 6.29. The van der Waals surface area contributed by atoms with Crippen molar-refractivity contribution in [2.75, 3.05) is 18.8 Å². The van der Waals surface area contributed by atoms with Crippen LogP contribution in [-0.4, -0.2) is 35.7 Å². The van der Waals surface area contributed by atoms with Crippen LogP contribution in [0.4, 0.5) is 0 Å². The van der Waals surface area contributed by atoms with Gasteiger partial charge in [0.2, 0.25) is 20.0 Å². The van der Waals surface area contributed by atoms with Crippen molar-refractivity contribution >= 4 is 20.0 Å². The highest BCUT2D eigenvalue weighted by Gasteiger charge is 2.16. The summed E-state index contributed by atoms with van der Waals surface area (Å²) in [5.74, 6) is -0.308. The Balaban J connectivity index is 2.70. The lowest BCUT2D eigenvalue weighted by molar-refractivity contribution is 0.576. The molecular formula is C12H21N3O4S2. The van der Waals surface area contributed by atoms with E-state index in [1.165, 1.54) is 12.1 Å². The zero-order valence-electron chi connectivity index (χ0n) is 12.0. The zero-order chi connectivity index (χ0) is 16.1. The predicted octanol–water partition coefficient (Wildman–Crippen LogP) is -0.0761. The summed E-state index contributed by atoms with van der Waals surface area (Å²) in [5.41, 5.74) is 6.51. The fourth-order valence-electron chi connectivity index (χ4n) is 1.64. The van der Waals surface area contributed by atoms with E-state index < -0.39 is 20.0 Å². The molecule has 1 aromatic carbocycles. The van der Waals surface area contributed by atoms with Crippen LogP contribution in [0.25, 0.3) is 0 Å². The van der Waals surface area contributed by atoms with Crippen molar-refractivity contribution < 1.29 is 16.8 Å². The van der Waals surface area contributed by atoms with Crippen molar-refractivity contribution in [3.63, 3.8) is 0 Å². The lowest BCUT2D eigenvalue weighted by Crippen LogP contribution is -2.34. The molecule has 0 spiro atoms. The molecule has 0 bridgehead atoms. The van der Waals surface area contributed by atoms with E-state index in [1.54, 1.807) is 26.0 Å². The van der Waals surface area contributed by atoms with Crippen molar-refractivity contribution in [3.8, 4) is 0 Å². The van der Waals surface area contributed by atoms with Gasteiger partial charge >= 0.3 is 0 Å². The molecule has 0 amide bonds. The highest BCUT2D eigenvalue weighted by Crippen LogP contribution is 2.14. The van der Waals surface area contributed by atoms with Crippen LogP contribution in [0.5, 0.6) is 0 Å². The highest BCUT2D eigenvalue weighted by atomic mass is 32.2. The van der Waals surface area contributed by atoms with Crippen molar-refractivity contribution in [2.24, 2.45) is 5.73 Å². The molecule has 0 fully saturated rings. The van der Waals surface area contributed by atoms with Gasteiger partial charge in [-0.2, -0.15) is 0 Å². The van der Waals surface area contributed by atoms with Crippen LogP contribution < -0.4 is 15.2 Å². The summed E-state index contributed by atoms with van der Waals surface area (Å²) >= 11 is 0. The van der Waals surface area contributed by atoms with E-state index in [0.29, 0.717) is 0 Å². The molecule has 4 N–H and O–H groups in total. The zero-order valence-corrected chi connectivity index (χ0v) is 13.7. The molecule has 0 heterocycles. The van der Waals surface area contributed by atoms with Gasteiger partial charge in [-0.1, -0.05) is 19.1 Å². The van der Waals surface area contributed by atoms with Crippen LogP contribution in [0.1, 0.15) is 25.5 Å². The first kappa shape index (κ1) is 18.1. The maximum absolute atomic E-state index is 12.0. The number of rotatable bonds is 8. The fourth-order valence-corrected chi connectivity index (χ4v) is 3.75. The maximum atomic E-state index is 12.0. The first-order valence-electron chi connectivity index (χ1n) is 6.50. The molecule has 0 saturated carbocycles. The molecule has 21 heavy (non-hydrogen) atoms. The summed E-state index contributed by atoms with van der Waals surface area (Å²) in [6.07, 6.45) is 0. The third-order valence-corrected chi connectivity index (χ3v) is 5.69. The van der Waals surface area contributed by atoms with Gasteiger partial charge in [-0.25, -0.2) is 26.3 Å². The number of hydrogen-bond donors (Lipinski definition) is 3. The lowest BCUT2D eigenvalue weighted by atomic mass is 10.1. The largest absolute Gasteiger partial charge is 0.324 e. The van der Waals surface area contributed by atoms with Crippen LogP contribution in [0, 0.1) is 0 Å². The van der Waals surface area contributed by atoms with Crippen molar-refractivity contribution in [2.45, 2.75) is 24.8 Å². The molecule has 7 nitrogen and oxygen atoms in total. The SMILES string of the molecule is CCNS(=O)(=O)CCNS(=O)(=O)c1ccc(C(C)N)cc1. The third-order valence-electron chi connectivity index (χ3n) is 2.74. The van der Waals surface area contributed by atoms with Gasteiger partial charge in [-0.3, -0.25) is 0 Å². The molecule has 120 valence electrons. The summed E-state index contributed by atoms with van der Waals surface area (Å²) in [6.45, 7) is 3.54. The van der Waals surface area contributed by atoms with Gasteiger partial charge in [-0.05, 0) is 24.6 Å². The number of sulfonamides is 2. The van der Waals surface area contributed by atoms with Gasteiger partial charge in [0.1, 0.15) is 0 Å². The van der Waals surface area contributed by atoms with E-state index in [0.717, 1.165) is 5.56 Å². The summed E-state index contributed by atoms with van der Waals surface area (Å²) in [4.78, 5) is 0.0766. The van der Waals surface area contributed by atoms with Crippen molar-refractivity contribution in [1.29, 1.82) is 0 Å². The Morgan fingerprint density at radius 2 is 1.67 bits per heavy atom. The van der Waals surface area contributed by atoms with E-state index in [-0.39, 0.29) is 29.8 Å². The Labute approximate surface area is 126 Å². The first-order chi connectivity index (χ1) is 9.68. The number of nitrogens with two attached hydrogens (primary N) is 1. The molecule has 1 atom stereocenters. The second-order valence-corrected chi connectivity index (χ2v) is 8.27. The quantitative estimate of drug-likeness (QED) is 0.614. The Bertz CT molecular complexity index is 652. The molecule has 0 radical (unpaired) electrons. The summed E-state index contributed by atoms with van der Waals surface area (Å²) < 4.78 is 51.4. The Morgan fingerprint density at radius 3 is 2.14 bits per heavy atom. The normalized spacial score (nSPS) is 14.0. The van der Waals surface area contributed by atoms with Crippen LogP contribution in [0.2, 0.25) is 0 Å². The smallest absolute Gasteiger partial charge is 0.240 e. The van der Waals surface area contributed by atoms with Gasteiger partial charge in [0.25, 0.3) is 0 Å². The minimum atomic E-state index is -3.72. The first-order valence-corrected chi connectivity index (χ1v) is 9.64. The van der Waals surface area contributed by atoms with Gasteiger partial charge in [0.15, 0.2) is 0 Å². The number of nitrogens with one attached hydrogen (secondary N) is 2. The van der Waals surface area contributed by atoms with E-state index in [2.05, 4.69) is 9.44 Å². The molecular weight excluding hydrogens is 314 g/mol. The fraction of sp³-hybridized carbons (Fsp3) is 0.500. The average Bonchev–Trinajstić information content (AvgIpc) is 2.38. The molecule has 1 aromatic rings. The molecule has 0 aliphatic rings. The highest BCUT2D eigenvalue weighted by molar-refractivity contribution is 7.90. The molecule has 0 aliphatic carbocycles. The van der Waals surface area contributed by atoms with Crippen molar-refractivity contribution in [1.82, 2.24) is 9.44 Å². The molecule has 9 heteroatoms. The van der Waals surface area contributed by atoms with Gasteiger partial charge < -0.3 is 5.73 Å². The van der Waals surface area contributed by atoms with Gasteiger partial charge in [0.05, 0.1) is 10.6 Å². The van der Waals surface area contributed by atoms with Gasteiger partial charge in [0, 0.05) is 19.1 Å². The summed E-state index contributed by atoms with van der Waals surface area (Å²) in [6, 6.07) is 5.98. The van der Waals surface area contributed by atoms with Crippen LogP contribution in [-0.2, 0) is 20.0 Å². The van der Waals surface area contributed by atoms with E-state index in [1.807, 2.05) is 0 Å². The second kappa shape index (κ2) is 7.32. The molecule has 0 saturated heterocycles. The molecule has 0 aromatic heterocycles. The standard InChI is InChI=1S/C12H21N3O4S2/c1-3-14-20(16,17)9-8-15-21(18,19)12-6-4-11(5-7-12)10(2)13/h4-7,10,14-15H,3,8-9,13H2,1-2H3. The van der Waals surface area contributed by atoms with Crippen LogP contribution >= 0.6 is 0 Å². The monoisotopic (exact) mass is 335 g/mol. The second-order valence-electron chi connectivity index (χ2n) is 4.57.